The molecule has 0 saturated carbocycles. The molecule has 0 radical (unpaired) electrons. The van der Waals surface area contributed by atoms with Crippen LogP contribution >= 0.6 is 0 Å². The van der Waals surface area contributed by atoms with Gasteiger partial charge >= 0.3 is 11.9 Å². The maximum absolute atomic E-state index is 11.4. The number of carbonyl (C=O) groups excluding carboxylic acids is 1. The van der Waals surface area contributed by atoms with Crippen LogP contribution in [0.15, 0.2) is 0 Å². The molecule has 0 aromatic rings. The first-order chi connectivity index (χ1) is 7.79. The summed E-state index contributed by atoms with van der Waals surface area (Å²) in [5, 5.41) is 28.0. The average molecular weight is 245 g/mol. The number of carboxylic acid groups (broad SMARTS) is 2. The Morgan fingerprint density at radius 3 is 2.06 bits per heavy atom. The second-order valence-corrected chi connectivity index (χ2v) is 4.09. The first-order valence-electron chi connectivity index (χ1n) is 5.24. The van der Waals surface area contributed by atoms with Crippen molar-refractivity contribution < 1.29 is 29.7 Å². The first-order valence-corrected chi connectivity index (χ1v) is 5.24. The molecule has 17 heavy (non-hydrogen) atoms. The number of carbonyl (C=O) groups is 3. The molecule has 1 fully saturated rings. The third kappa shape index (κ3) is 1.66. The van der Waals surface area contributed by atoms with Gasteiger partial charge in [0.15, 0.2) is 0 Å². The largest absolute Gasteiger partial charge is 0.479 e. The molecule has 0 bridgehead atoms. The predicted molar refractivity (Wildman–Crippen MR) is 54.9 cm³/mol. The van der Waals surface area contributed by atoms with E-state index >= 15 is 0 Å². The van der Waals surface area contributed by atoms with Crippen molar-refractivity contribution >= 4 is 17.8 Å². The molecule has 7 nitrogen and oxygen atoms in total. The molecule has 1 amide bonds. The van der Waals surface area contributed by atoms with Gasteiger partial charge in [-0.25, -0.2) is 9.59 Å². The lowest BCUT2D eigenvalue weighted by Crippen LogP contribution is -2.62. The Bertz CT molecular complexity index is 352. The molecule has 0 aromatic carbocycles. The van der Waals surface area contributed by atoms with Crippen molar-refractivity contribution in [1.29, 1.82) is 0 Å². The molecule has 1 aliphatic heterocycles. The number of nitrogens with zero attached hydrogens (tertiary/aromatic N) is 1. The van der Waals surface area contributed by atoms with Crippen LogP contribution in [0.25, 0.3) is 0 Å². The Morgan fingerprint density at radius 2 is 1.76 bits per heavy atom. The van der Waals surface area contributed by atoms with Crippen LogP contribution in [0.3, 0.4) is 0 Å². The minimum atomic E-state index is -2.36. The number of aliphatic hydroxyl groups excluding tert-OH is 1. The molecule has 1 aliphatic rings. The van der Waals surface area contributed by atoms with Gasteiger partial charge in [-0.3, -0.25) is 9.69 Å². The third-order valence-corrected chi connectivity index (χ3v) is 3.25. The Morgan fingerprint density at radius 1 is 1.29 bits per heavy atom. The minimum Gasteiger partial charge on any atom is -0.479 e. The van der Waals surface area contributed by atoms with E-state index in [1.807, 2.05) is 0 Å². The number of rotatable bonds is 3. The Labute approximate surface area is 97.6 Å². The van der Waals surface area contributed by atoms with Crippen LogP contribution in [0.1, 0.15) is 26.7 Å². The SMILES string of the molecule is CCC1CC(O)N(C(C)=O)C1(C(=O)O)C(=O)O. The van der Waals surface area contributed by atoms with Gasteiger partial charge in [0.25, 0.3) is 0 Å². The molecule has 0 spiro atoms. The highest BCUT2D eigenvalue weighted by atomic mass is 16.4. The van der Waals surface area contributed by atoms with Crippen molar-refractivity contribution in [3.8, 4) is 0 Å². The lowest BCUT2D eigenvalue weighted by molar-refractivity contribution is -0.178. The van der Waals surface area contributed by atoms with Gasteiger partial charge in [-0.2, -0.15) is 0 Å². The molecular formula is C10H15NO6. The number of hydrogen-bond donors (Lipinski definition) is 3. The van der Waals surface area contributed by atoms with E-state index in [1.165, 1.54) is 0 Å². The fourth-order valence-corrected chi connectivity index (χ4v) is 2.53. The van der Waals surface area contributed by atoms with Gasteiger partial charge in [-0.05, 0) is 12.8 Å². The summed E-state index contributed by atoms with van der Waals surface area (Å²) in [6.45, 7) is 2.67. The van der Waals surface area contributed by atoms with Crippen LogP contribution in [0, 0.1) is 5.92 Å². The number of hydrogen-bond acceptors (Lipinski definition) is 4. The van der Waals surface area contributed by atoms with E-state index in [0.29, 0.717) is 4.90 Å². The second kappa shape index (κ2) is 4.33. The molecule has 2 atom stereocenters. The molecule has 0 aliphatic carbocycles. The molecule has 1 heterocycles. The minimum absolute atomic E-state index is 0.0469. The fraction of sp³-hybridized carbons (Fsp3) is 0.700. The zero-order valence-corrected chi connectivity index (χ0v) is 9.58. The van der Waals surface area contributed by atoms with E-state index in [-0.39, 0.29) is 12.8 Å². The molecular weight excluding hydrogens is 230 g/mol. The van der Waals surface area contributed by atoms with E-state index in [1.54, 1.807) is 6.92 Å². The molecule has 96 valence electrons. The standard InChI is InChI=1S/C10H15NO6/c1-3-6-4-7(13)11(5(2)12)10(6,8(14)15)9(16)17/h6-7,13H,3-4H2,1-2H3,(H,14,15)(H,16,17). The summed E-state index contributed by atoms with van der Waals surface area (Å²) in [7, 11) is 0. The van der Waals surface area contributed by atoms with Gasteiger partial charge in [-0.1, -0.05) is 6.92 Å². The quantitative estimate of drug-likeness (QED) is 0.577. The summed E-state index contributed by atoms with van der Waals surface area (Å²) < 4.78 is 0. The first kappa shape index (κ1) is 13.4. The van der Waals surface area contributed by atoms with Gasteiger partial charge in [0.1, 0.15) is 6.23 Å². The fourth-order valence-electron chi connectivity index (χ4n) is 2.53. The molecule has 1 rings (SSSR count). The molecule has 7 heteroatoms. The normalized spacial score (nSPS) is 26.9. The van der Waals surface area contributed by atoms with E-state index in [4.69, 9.17) is 0 Å². The molecule has 1 saturated heterocycles. The zero-order chi connectivity index (χ0) is 13.4. The van der Waals surface area contributed by atoms with Crippen molar-refractivity contribution in [3.05, 3.63) is 0 Å². The Kier molecular flexibility index (Phi) is 3.42. The summed E-state index contributed by atoms with van der Waals surface area (Å²) in [5.74, 6) is -4.82. The second-order valence-electron chi connectivity index (χ2n) is 4.09. The number of aliphatic hydroxyl groups is 1. The zero-order valence-electron chi connectivity index (χ0n) is 9.58. The van der Waals surface area contributed by atoms with Crippen molar-refractivity contribution in [2.24, 2.45) is 5.92 Å². The van der Waals surface area contributed by atoms with Crippen molar-refractivity contribution in [1.82, 2.24) is 4.90 Å². The summed E-state index contributed by atoms with van der Waals surface area (Å²) >= 11 is 0. The van der Waals surface area contributed by atoms with Crippen LogP contribution in [0.4, 0.5) is 0 Å². The molecule has 2 unspecified atom stereocenters. The topological polar surface area (TPSA) is 115 Å². The van der Waals surface area contributed by atoms with E-state index in [0.717, 1.165) is 6.92 Å². The van der Waals surface area contributed by atoms with Gasteiger partial charge in [-0.15, -0.1) is 0 Å². The van der Waals surface area contributed by atoms with E-state index in [9.17, 15) is 29.7 Å². The van der Waals surface area contributed by atoms with Crippen LogP contribution in [0.2, 0.25) is 0 Å². The van der Waals surface area contributed by atoms with Crippen LogP contribution in [-0.2, 0) is 14.4 Å². The maximum atomic E-state index is 11.4. The third-order valence-electron chi connectivity index (χ3n) is 3.25. The average Bonchev–Trinajstić information content (AvgIpc) is 2.51. The summed E-state index contributed by atoms with van der Waals surface area (Å²) in [6, 6.07) is 0. The maximum Gasteiger partial charge on any atom is 0.341 e. The van der Waals surface area contributed by atoms with Crippen molar-refractivity contribution in [2.75, 3.05) is 0 Å². The molecule has 0 aromatic heterocycles. The molecule has 3 N–H and O–H groups in total. The summed E-state index contributed by atoms with van der Waals surface area (Å²) in [6.07, 6.45) is -1.17. The lowest BCUT2D eigenvalue weighted by atomic mass is 9.82. The van der Waals surface area contributed by atoms with E-state index in [2.05, 4.69) is 0 Å². The highest BCUT2D eigenvalue weighted by Crippen LogP contribution is 2.41. The van der Waals surface area contributed by atoms with Crippen molar-refractivity contribution in [2.45, 2.75) is 38.5 Å². The van der Waals surface area contributed by atoms with Crippen molar-refractivity contribution in [3.63, 3.8) is 0 Å². The highest BCUT2D eigenvalue weighted by Gasteiger charge is 2.64. The number of aliphatic carboxylic acids is 2. The van der Waals surface area contributed by atoms with Crippen LogP contribution < -0.4 is 0 Å². The lowest BCUT2D eigenvalue weighted by Gasteiger charge is -2.34. The van der Waals surface area contributed by atoms with Gasteiger partial charge in [0.05, 0.1) is 0 Å². The van der Waals surface area contributed by atoms with Gasteiger partial charge < -0.3 is 15.3 Å². The van der Waals surface area contributed by atoms with Crippen LogP contribution in [-0.4, -0.2) is 49.8 Å². The predicted octanol–water partition coefficient (Wildman–Crippen LogP) is -0.509. The Balaban J connectivity index is 3.41. The van der Waals surface area contributed by atoms with Gasteiger partial charge in [0, 0.05) is 12.8 Å². The number of carboxylic acids is 2. The van der Waals surface area contributed by atoms with E-state index < -0.39 is 35.5 Å². The van der Waals surface area contributed by atoms with Gasteiger partial charge in [0.2, 0.25) is 11.4 Å². The Hall–Kier alpha value is -1.63. The summed E-state index contributed by atoms with van der Waals surface area (Å²) in [5.41, 5.74) is -2.36. The number of likely N-dealkylation sites (tertiary alicyclic amines) is 1. The summed E-state index contributed by atoms with van der Waals surface area (Å²) in [4.78, 5) is 34.5. The monoisotopic (exact) mass is 245 g/mol. The highest BCUT2D eigenvalue weighted by molar-refractivity contribution is 6.07. The number of amides is 1. The van der Waals surface area contributed by atoms with Crippen LogP contribution in [0.5, 0.6) is 0 Å². The smallest absolute Gasteiger partial charge is 0.341 e.